The zero-order valence-electron chi connectivity index (χ0n) is 21.2. The summed E-state index contributed by atoms with van der Waals surface area (Å²) in [6.45, 7) is 4.92. The van der Waals surface area contributed by atoms with Gasteiger partial charge in [-0.1, -0.05) is 74.5 Å². The quantitative estimate of drug-likeness (QED) is 0.439. The van der Waals surface area contributed by atoms with Crippen LogP contribution in [0.3, 0.4) is 0 Å². The molecule has 0 aromatic heterocycles. The summed E-state index contributed by atoms with van der Waals surface area (Å²) in [4.78, 5) is 24.3. The Balaban J connectivity index is 1.99. The largest absolute Gasteiger partial charge is 0.457 e. The number of esters is 1. The predicted octanol–water partition coefficient (Wildman–Crippen LogP) is 3.19. The maximum absolute atomic E-state index is 14.0. The lowest BCUT2D eigenvalue weighted by atomic mass is 9.84. The van der Waals surface area contributed by atoms with E-state index >= 15 is 0 Å². The minimum absolute atomic E-state index is 0.205. The van der Waals surface area contributed by atoms with Crippen LogP contribution in [0.1, 0.15) is 31.9 Å². The van der Waals surface area contributed by atoms with Crippen molar-refractivity contribution in [2.75, 3.05) is 12.9 Å². The minimum Gasteiger partial charge on any atom is -0.457 e. The number of methoxy groups -OCH3 is 1. The van der Waals surface area contributed by atoms with E-state index in [4.69, 9.17) is 14.2 Å². The molecule has 0 saturated carbocycles. The molecule has 8 heteroatoms. The first-order chi connectivity index (χ1) is 17.2. The highest BCUT2D eigenvalue weighted by molar-refractivity contribution is 8.01. The third kappa shape index (κ3) is 6.36. The van der Waals surface area contributed by atoms with Gasteiger partial charge < -0.3 is 24.4 Å². The predicted molar refractivity (Wildman–Crippen MR) is 139 cm³/mol. The number of thioether (sulfide) groups is 1. The van der Waals surface area contributed by atoms with Gasteiger partial charge in [0.05, 0.1) is 6.10 Å². The van der Waals surface area contributed by atoms with Crippen LogP contribution in [0.25, 0.3) is 0 Å². The molecule has 0 radical (unpaired) electrons. The second-order valence-corrected chi connectivity index (χ2v) is 10.6. The molecule has 2 N–H and O–H groups in total. The number of hydrogen-bond acceptors (Lipinski definition) is 8. The highest BCUT2D eigenvalue weighted by Crippen LogP contribution is 2.44. The van der Waals surface area contributed by atoms with Gasteiger partial charge in [-0.3, -0.25) is 9.59 Å². The molecule has 1 fully saturated rings. The fourth-order valence-electron chi connectivity index (χ4n) is 4.79. The molecule has 3 rings (SSSR count). The van der Waals surface area contributed by atoms with Gasteiger partial charge in [0.2, 0.25) is 4.93 Å². The summed E-state index contributed by atoms with van der Waals surface area (Å²) in [6.07, 6.45) is -5.18. The number of carbonyl (C=O) groups is 2. The average molecular weight is 517 g/mol. The molecule has 7 nitrogen and oxygen atoms in total. The fourth-order valence-corrected chi connectivity index (χ4v) is 6.05. The summed E-state index contributed by atoms with van der Waals surface area (Å²) < 4.78 is 17.5. The number of hydrogen-bond donors (Lipinski definition) is 2. The summed E-state index contributed by atoms with van der Waals surface area (Å²) >= 11 is 1.17. The summed E-state index contributed by atoms with van der Waals surface area (Å²) in [5.41, 5.74) is 1.84. The smallest absolute Gasteiger partial charge is 0.303 e. The molecule has 0 bridgehead atoms. The third-order valence-corrected chi connectivity index (χ3v) is 7.69. The van der Waals surface area contributed by atoms with Crippen LogP contribution in [0.5, 0.6) is 0 Å². The number of carbonyl (C=O) groups excluding carboxylic acids is 2. The van der Waals surface area contributed by atoms with E-state index in [9.17, 15) is 19.8 Å². The number of rotatable bonds is 11. The van der Waals surface area contributed by atoms with Gasteiger partial charge in [-0.15, -0.1) is 11.8 Å². The lowest BCUT2D eigenvalue weighted by Gasteiger charge is -2.51. The Morgan fingerprint density at radius 1 is 1.03 bits per heavy atom. The number of ether oxygens (including phenoxy) is 3. The van der Waals surface area contributed by atoms with Crippen molar-refractivity contribution in [3.05, 3.63) is 71.8 Å². The molecule has 196 valence electrons. The molecular weight excluding hydrogens is 480 g/mol. The molecule has 1 aliphatic rings. The van der Waals surface area contributed by atoms with Crippen molar-refractivity contribution in [2.45, 2.75) is 69.1 Å². The highest BCUT2D eigenvalue weighted by atomic mass is 32.2. The van der Waals surface area contributed by atoms with Gasteiger partial charge in [0, 0.05) is 26.4 Å². The molecule has 0 aliphatic carbocycles. The second kappa shape index (κ2) is 12.8. The molecule has 7 atom stereocenters. The van der Waals surface area contributed by atoms with E-state index in [-0.39, 0.29) is 12.2 Å². The number of aliphatic hydroxyl groups excluding tert-OH is 2. The number of aliphatic hydroxyl groups is 2. The molecule has 1 heterocycles. The van der Waals surface area contributed by atoms with Gasteiger partial charge >= 0.3 is 5.97 Å². The van der Waals surface area contributed by atoms with Crippen molar-refractivity contribution in [1.82, 2.24) is 0 Å². The van der Waals surface area contributed by atoms with E-state index in [1.807, 2.05) is 67.6 Å². The Labute approximate surface area is 217 Å². The van der Waals surface area contributed by atoms with E-state index in [2.05, 4.69) is 0 Å². The highest BCUT2D eigenvalue weighted by Gasteiger charge is 2.61. The Bertz CT molecular complexity index is 986. The molecule has 0 spiro atoms. The SMILES string of the molecule is CCS[C@]1(C(=O)C(C)Cc2ccccc2)O[C@H](C(O)Cc2ccccc2)[C@@H](OC(C)=O)[C@H](OC)[C@H]1O. The Kier molecular flexibility index (Phi) is 10.1. The molecule has 36 heavy (non-hydrogen) atoms. The monoisotopic (exact) mass is 516 g/mol. The second-order valence-electron chi connectivity index (χ2n) is 9.11. The van der Waals surface area contributed by atoms with Gasteiger partial charge in [-0.2, -0.15) is 0 Å². The average Bonchev–Trinajstić information content (AvgIpc) is 2.86. The van der Waals surface area contributed by atoms with Gasteiger partial charge in [0.15, 0.2) is 11.9 Å². The van der Waals surface area contributed by atoms with Gasteiger partial charge in [-0.25, -0.2) is 0 Å². The summed E-state index contributed by atoms with van der Waals surface area (Å²) in [5.74, 6) is -0.923. The van der Waals surface area contributed by atoms with Crippen LogP contribution in [-0.4, -0.2) is 70.3 Å². The van der Waals surface area contributed by atoms with Crippen molar-refractivity contribution >= 4 is 23.5 Å². The summed E-state index contributed by atoms with van der Waals surface area (Å²) in [5, 5.41) is 22.8. The van der Waals surface area contributed by atoms with E-state index in [0.717, 1.165) is 11.1 Å². The first-order valence-electron chi connectivity index (χ1n) is 12.2. The normalized spacial score (nSPS) is 27.7. The molecule has 1 saturated heterocycles. The molecular formula is C28H36O7S. The van der Waals surface area contributed by atoms with Crippen molar-refractivity contribution in [3.8, 4) is 0 Å². The van der Waals surface area contributed by atoms with E-state index in [1.54, 1.807) is 6.92 Å². The van der Waals surface area contributed by atoms with Crippen molar-refractivity contribution in [2.24, 2.45) is 5.92 Å². The van der Waals surface area contributed by atoms with E-state index < -0.39 is 47.3 Å². The summed E-state index contributed by atoms with van der Waals surface area (Å²) in [7, 11) is 1.38. The van der Waals surface area contributed by atoms with Gasteiger partial charge in [0.1, 0.15) is 18.3 Å². The van der Waals surface area contributed by atoms with Gasteiger partial charge in [0.25, 0.3) is 0 Å². The first-order valence-corrected chi connectivity index (χ1v) is 13.2. The van der Waals surface area contributed by atoms with Crippen LogP contribution in [0, 0.1) is 5.92 Å². The van der Waals surface area contributed by atoms with Crippen molar-refractivity contribution < 1.29 is 34.0 Å². The van der Waals surface area contributed by atoms with Crippen LogP contribution in [-0.2, 0) is 36.6 Å². The van der Waals surface area contributed by atoms with Gasteiger partial charge in [-0.05, 0) is 23.3 Å². The Hall–Kier alpha value is -2.23. The van der Waals surface area contributed by atoms with Crippen molar-refractivity contribution in [3.63, 3.8) is 0 Å². The number of benzene rings is 2. The van der Waals surface area contributed by atoms with Crippen LogP contribution in [0.2, 0.25) is 0 Å². The first kappa shape index (κ1) is 28.3. The maximum Gasteiger partial charge on any atom is 0.303 e. The molecule has 2 aromatic carbocycles. The Morgan fingerprint density at radius 2 is 1.58 bits per heavy atom. The standard InChI is InChI=1S/C28H36O7S/c1-5-36-28(26(31)18(2)16-20-12-8-6-9-13-20)27(32)25(33-4)24(34-19(3)29)23(35-28)22(30)17-21-14-10-7-11-15-21/h6-15,18,22-25,27,30,32H,5,16-17H2,1-4H3/t18?,22?,23-,24-,25+,27-,28+/m1/s1. The summed E-state index contributed by atoms with van der Waals surface area (Å²) in [6, 6.07) is 19.0. The van der Waals surface area contributed by atoms with Crippen LogP contribution < -0.4 is 0 Å². The minimum atomic E-state index is -1.71. The lowest BCUT2D eigenvalue weighted by Crippen LogP contribution is -2.70. The Morgan fingerprint density at radius 3 is 2.08 bits per heavy atom. The zero-order chi connectivity index (χ0) is 26.3. The zero-order valence-corrected chi connectivity index (χ0v) is 22.0. The van der Waals surface area contributed by atoms with Crippen LogP contribution in [0.4, 0.5) is 0 Å². The lowest BCUT2D eigenvalue weighted by molar-refractivity contribution is -0.260. The van der Waals surface area contributed by atoms with Crippen LogP contribution in [0.15, 0.2) is 60.7 Å². The fraction of sp³-hybridized carbons (Fsp3) is 0.500. The van der Waals surface area contributed by atoms with E-state index in [0.29, 0.717) is 12.2 Å². The maximum atomic E-state index is 14.0. The molecule has 1 aliphatic heterocycles. The van der Waals surface area contributed by atoms with Crippen molar-refractivity contribution in [1.29, 1.82) is 0 Å². The number of ketones is 1. The molecule has 2 aromatic rings. The molecule has 2 unspecified atom stereocenters. The third-order valence-electron chi connectivity index (χ3n) is 6.43. The topological polar surface area (TPSA) is 102 Å². The molecule has 0 amide bonds. The number of Topliss-reactive ketones (excluding diaryl/α,β-unsaturated/α-hetero) is 1. The van der Waals surface area contributed by atoms with E-state index in [1.165, 1.54) is 25.8 Å². The van der Waals surface area contributed by atoms with Crippen LogP contribution >= 0.6 is 11.8 Å².